The van der Waals surface area contributed by atoms with Crippen molar-refractivity contribution in [3.8, 4) is 11.1 Å². The molecule has 0 aliphatic heterocycles. The van der Waals surface area contributed by atoms with Gasteiger partial charge in [0.1, 0.15) is 18.1 Å². The number of nitrogens with zero attached hydrogens (tertiary/aromatic N) is 5. The van der Waals surface area contributed by atoms with Crippen molar-refractivity contribution in [1.29, 1.82) is 0 Å². The number of aromatic nitrogens is 5. The van der Waals surface area contributed by atoms with Crippen molar-refractivity contribution in [2.24, 2.45) is 5.92 Å². The number of carbonyl (C=O) groups excluding carboxylic acids is 1. The van der Waals surface area contributed by atoms with E-state index in [2.05, 4.69) is 25.4 Å². The summed E-state index contributed by atoms with van der Waals surface area (Å²) in [6.45, 7) is 3.82. The van der Waals surface area contributed by atoms with Crippen molar-refractivity contribution < 1.29 is 18.7 Å². The molecule has 1 saturated carbocycles. The summed E-state index contributed by atoms with van der Waals surface area (Å²) in [7, 11) is 0. The number of aliphatic hydroxyl groups is 1. The topological polar surface area (TPSA) is 105 Å². The van der Waals surface area contributed by atoms with E-state index in [-0.39, 0.29) is 5.82 Å². The lowest BCUT2D eigenvalue weighted by molar-refractivity contribution is -0.119. The average Bonchev–Trinajstić information content (AvgIpc) is 3.18. The van der Waals surface area contributed by atoms with Crippen molar-refractivity contribution in [2.75, 3.05) is 5.32 Å². The van der Waals surface area contributed by atoms with Gasteiger partial charge in [-0.2, -0.15) is 5.10 Å². The number of nitrogens with one attached hydrogen (secondary N) is 1. The first-order valence-electron chi connectivity index (χ1n) is 10.2. The van der Waals surface area contributed by atoms with Gasteiger partial charge in [-0.3, -0.25) is 9.78 Å². The first-order valence-corrected chi connectivity index (χ1v) is 10.2. The predicted molar refractivity (Wildman–Crippen MR) is 113 cm³/mol. The van der Waals surface area contributed by atoms with Crippen LogP contribution in [0.25, 0.3) is 27.7 Å². The van der Waals surface area contributed by atoms with Crippen LogP contribution in [0.3, 0.4) is 0 Å². The molecule has 4 heterocycles. The zero-order chi connectivity index (χ0) is 22.6. The summed E-state index contributed by atoms with van der Waals surface area (Å²) in [6, 6.07) is 5.34. The van der Waals surface area contributed by atoms with Crippen LogP contribution in [0, 0.1) is 12.8 Å². The average molecular weight is 438 g/mol. The molecule has 2 N–H and O–H groups in total. The summed E-state index contributed by atoms with van der Waals surface area (Å²) in [5, 5.41) is 17.6. The van der Waals surface area contributed by atoms with Crippen LogP contribution in [0.2, 0.25) is 0 Å². The largest absolute Gasteiger partial charge is 0.387 e. The zero-order valence-electron chi connectivity index (χ0n) is 17.4. The van der Waals surface area contributed by atoms with Gasteiger partial charge in [-0.05, 0) is 31.0 Å². The number of rotatable bonds is 5. The van der Waals surface area contributed by atoms with E-state index in [9.17, 15) is 18.7 Å². The van der Waals surface area contributed by atoms with Crippen LogP contribution in [-0.2, 0) is 4.79 Å². The molecule has 10 heteroatoms. The SMILES string of the molecule is CCC(O)c1cc(C)c(-c2cc3cnc(NC(=O)[C@H]4CC4(F)F)cc3n3ncnc23)cn1. The van der Waals surface area contributed by atoms with Gasteiger partial charge in [-0.1, -0.05) is 6.92 Å². The lowest BCUT2D eigenvalue weighted by Crippen LogP contribution is -2.18. The molecule has 0 radical (unpaired) electrons. The summed E-state index contributed by atoms with van der Waals surface area (Å²) in [5.41, 5.74) is 4.35. The van der Waals surface area contributed by atoms with Gasteiger partial charge in [0.25, 0.3) is 5.92 Å². The van der Waals surface area contributed by atoms with Gasteiger partial charge >= 0.3 is 0 Å². The molecule has 32 heavy (non-hydrogen) atoms. The Morgan fingerprint density at radius 1 is 1.25 bits per heavy atom. The zero-order valence-corrected chi connectivity index (χ0v) is 17.4. The number of hydrogen-bond acceptors (Lipinski definition) is 6. The minimum atomic E-state index is -2.94. The Morgan fingerprint density at radius 2 is 2.03 bits per heavy atom. The van der Waals surface area contributed by atoms with Gasteiger partial charge in [0.2, 0.25) is 5.91 Å². The van der Waals surface area contributed by atoms with Gasteiger partial charge in [0.05, 0.1) is 17.3 Å². The quantitative estimate of drug-likeness (QED) is 0.492. The molecule has 1 unspecified atom stereocenters. The summed E-state index contributed by atoms with van der Waals surface area (Å²) in [6.07, 6.45) is 4.18. The highest BCUT2D eigenvalue weighted by Gasteiger charge is 2.61. The number of amides is 1. The molecule has 5 rings (SSSR count). The summed E-state index contributed by atoms with van der Waals surface area (Å²) >= 11 is 0. The van der Waals surface area contributed by atoms with E-state index >= 15 is 0 Å². The number of hydrogen-bond donors (Lipinski definition) is 2. The number of halogens is 2. The van der Waals surface area contributed by atoms with Gasteiger partial charge in [0, 0.05) is 41.4 Å². The van der Waals surface area contributed by atoms with Gasteiger partial charge in [-0.25, -0.2) is 23.3 Å². The van der Waals surface area contributed by atoms with E-state index in [1.165, 1.54) is 6.33 Å². The van der Waals surface area contributed by atoms with Crippen molar-refractivity contribution in [3.05, 3.63) is 48.2 Å². The van der Waals surface area contributed by atoms with Crippen LogP contribution in [0.4, 0.5) is 14.6 Å². The molecule has 0 saturated heterocycles. The molecule has 4 aromatic heterocycles. The molecule has 0 spiro atoms. The van der Waals surface area contributed by atoms with Crippen molar-refractivity contribution >= 4 is 28.3 Å². The Morgan fingerprint density at radius 3 is 2.72 bits per heavy atom. The van der Waals surface area contributed by atoms with Crippen LogP contribution in [0.5, 0.6) is 0 Å². The maximum Gasteiger partial charge on any atom is 0.260 e. The standard InChI is InChI=1S/C22H20F2N6O2/c1-3-18(31)16-4-11(2)14(9-25-16)13-5-12-8-26-19(29-21(32)15-7-22(15,23)24)6-17(12)30-20(13)27-10-28-30/h4-6,8-10,15,18,31H,3,7H2,1-2H3,(H,26,29,32)/t15-,18?/m1/s1. The third-order valence-corrected chi connectivity index (χ3v) is 5.77. The van der Waals surface area contributed by atoms with Crippen LogP contribution in [0.1, 0.15) is 37.1 Å². The number of carbonyl (C=O) groups is 1. The maximum absolute atomic E-state index is 13.2. The normalized spacial score (nSPS) is 18.1. The second kappa shape index (κ2) is 7.27. The van der Waals surface area contributed by atoms with Crippen molar-refractivity contribution in [2.45, 2.75) is 38.7 Å². The molecule has 4 aromatic rings. The fraction of sp³-hybridized carbons (Fsp3) is 0.318. The molecule has 0 bridgehead atoms. The summed E-state index contributed by atoms with van der Waals surface area (Å²) < 4.78 is 28.0. The fourth-order valence-electron chi connectivity index (χ4n) is 3.80. The molecule has 8 nitrogen and oxygen atoms in total. The molecule has 1 aliphatic carbocycles. The highest BCUT2D eigenvalue weighted by atomic mass is 19.3. The number of alkyl halides is 2. The number of pyridine rings is 3. The smallest absolute Gasteiger partial charge is 0.260 e. The molecule has 164 valence electrons. The number of aryl methyl sites for hydroxylation is 1. The Labute approximate surface area is 181 Å². The molecular weight excluding hydrogens is 418 g/mol. The molecule has 1 amide bonds. The predicted octanol–water partition coefficient (Wildman–Crippen LogP) is 3.69. The minimum Gasteiger partial charge on any atom is -0.387 e. The van der Waals surface area contributed by atoms with Crippen LogP contribution >= 0.6 is 0 Å². The second-order valence-corrected chi connectivity index (χ2v) is 8.04. The Kier molecular flexibility index (Phi) is 4.63. The first kappa shape index (κ1) is 20.4. The van der Waals surface area contributed by atoms with Crippen molar-refractivity contribution in [3.63, 3.8) is 0 Å². The summed E-state index contributed by atoms with van der Waals surface area (Å²) in [5.74, 6) is -4.82. The van der Waals surface area contributed by atoms with Gasteiger partial charge < -0.3 is 10.4 Å². The van der Waals surface area contributed by atoms with E-state index < -0.39 is 30.3 Å². The lowest BCUT2D eigenvalue weighted by atomic mass is 10.0. The fourth-order valence-corrected chi connectivity index (χ4v) is 3.80. The molecule has 1 aliphatic rings. The summed E-state index contributed by atoms with van der Waals surface area (Å²) in [4.78, 5) is 25.0. The highest BCUT2D eigenvalue weighted by Crippen LogP contribution is 2.49. The van der Waals surface area contributed by atoms with Crippen molar-refractivity contribution in [1.82, 2.24) is 24.6 Å². The second-order valence-electron chi connectivity index (χ2n) is 8.04. The van der Waals surface area contributed by atoms with E-state index in [0.29, 0.717) is 23.3 Å². The van der Waals surface area contributed by atoms with E-state index in [1.807, 2.05) is 26.0 Å². The Bertz CT molecular complexity index is 1370. The minimum absolute atomic E-state index is 0.172. The number of fused-ring (bicyclic) bond motifs is 3. The van der Waals surface area contributed by atoms with E-state index in [0.717, 1.165) is 22.1 Å². The monoisotopic (exact) mass is 438 g/mol. The lowest BCUT2D eigenvalue weighted by Gasteiger charge is -2.13. The van der Waals surface area contributed by atoms with Gasteiger partial charge in [-0.15, -0.1) is 0 Å². The highest BCUT2D eigenvalue weighted by molar-refractivity contribution is 5.97. The molecule has 0 aromatic carbocycles. The van der Waals surface area contributed by atoms with E-state index in [4.69, 9.17) is 0 Å². The Hall–Kier alpha value is -3.53. The van der Waals surface area contributed by atoms with Gasteiger partial charge in [0.15, 0.2) is 5.65 Å². The Balaban J connectivity index is 1.56. The molecule has 1 fully saturated rings. The van der Waals surface area contributed by atoms with E-state index in [1.54, 1.807) is 23.0 Å². The third kappa shape index (κ3) is 3.36. The maximum atomic E-state index is 13.2. The number of aliphatic hydroxyl groups excluding tert-OH is 1. The van der Waals surface area contributed by atoms with Crippen LogP contribution < -0.4 is 5.32 Å². The first-order chi connectivity index (χ1) is 15.3. The van der Waals surface area contributed by atoms with Crippen LogP contribution in [0.15, 0.2) is 36.9 Å². The molecular formula is C22H20F2N6O2. The number of anilines is 1. The molecule has 2 atom stereocenters. The van der Waals surface area contributed by atoms with Crippen LogP contribution in [-0.4, -0.2) is 41.5 Å². The third-order valence-electron chi connectivity index (χ3n) is 5.77.